The topological polar surface area (TPSA) is 75.2 Å². The summed E-state index contributed by atoms with van der Waals surface area (Å²) in [5, 5.41) is 6.75. The third-order valence-corrected chi connectivity index (χ3v) is 5.20. The number of methoxy groups -OCH3 is 1. The number of esters is 1. The average molecular weight is 546 g/mol. The van der Waals surface area contributed by atoms with Crippen LogP contribution in [0.25, 0.3) is 0 Å². The van der Waals surface area contributed by atoms with E-state index in [0.717, 1.165) is 77.6 Å². The average Bonchev–Trinajstić information content (AvgIpc) is 2.78. The van der Waals surface area contributed by atoms with Gasteiger partial charge in [-0.3, -0.25) is 9.69 Å². The summed E-state index contributed by atoms with van der Waals surface area (Å²) >= 11 is 0. The molecule has 0 atom stereocenters. The van der Waals surface area contributed by atoms with E-state index in [1.165, 1.54) is 18.2 Å². The zero-order valence-corrected chi connectivity index (χ0v) is 21.4. The van der Waals surface area contributed by atoms with Crippen LogP contribution in [0.15, 0.2) is 29.3 Å². The van der Waals surface area contributed by atoms with Crippen molar-refractivity contribution in [3.8, 4) is 0 Å². The summed E-state index contributed by atoms with van der Waals surface area (Å²) < 4.78 is 10.1. The number of hydrogen-bond acceptors (Lipinski definition) is 5. The summed E-state index contributed by atoms with van der Waals surface area (Å²) in [6, 6.07) is 8.56. The van der Waals surface area contributed by atoms with E-state index in [0.29, 0.717) is 13.0 Å². The zero-order chi connectivity index (χ0) is 21.4. The van der Waals surface area contributed by atoms with Crippen molar-refractivity contribution in [2.24, 2.45) is 4.99 Å². The predicted octanol–water partition coefficient (Wildman–Crippen LogP) is 3.32. The highest BCUT2D eigenvalue weighted by Crippen LogP contribution is 2.14. The minimum absolute atomic E-state index is 0. The highest BCUT2D eigenvalue weighted by molar-refractivity contribution is 14.0. The molecule has 1 heterocycles. The standard InChI is InChI=1S/C23H38N4O3.HI/c1-3-24-23(25-13-9-5-4-6-12-22(28)29-2)26-18-20-10-7-8-11-21(20)19-27-14-16-30-17-15-27;/h7-8,10-11H,3-6,9,12-19H2,1-2H3,(H2,24,25,26);1H. The maximum Gasteiger partial charge on any atom is 0.305 e. The Hall–Kier alpha value is -1.39. The number of halogens is 1. The molecule has 0 amide bonds. The second-order valence-corrected chi connectivity index (χ2v) is 7.52. The largest absolute Gasteiger partial charge is 0.469 e. The number of aliphatic imine (C=N–C) groups is 1. The molecule has 0 spiro atoms. The smallest absolute Gasteiger partial charge is 0.305 e. The van der Waals surface area contributed by atoms with Crippen molar-refractivity contribution in [3.05, 3.63) is 35.4 Å². The van der Waals surface area contributed by atoms with Crippen LogP contribution in [0, 0.1) is 0 Å². The molecule has 7 nitrogen and oxygen atoms in total. The van der Waals surface area contributed by atoms with Gasteiger partial charge in [-0.15, -0.1) is 24.0 Å². The molecule has 1 saturated heterocycles. The molecule has 2 rings (SSSR count). The first-order chi connectivity index (χ1) is 14.7. The molecule has 31 heavy (non-hydrogen) atoms. The number of rotatable bonds is 12. The molecule has 0 aromatic heterocycles. The van der Waals surface area contributed by atoms with E-state index in [1.54, 1.807) is 0 Å². The molecule has 0 bridgehead atoms. The Morgan fingerprint density at radius 3 is 2.52 bits per heavy atom. The minimum atomic E-state index is -0.122. The highest BCUT2D eigenvalue weighted by atomic mass is 127. The third kappa shape index (κ3) is 11.7. The fraction of sp³-hybridized carbons (Fsp3) is 0.652. The van der Waals surface area contributed by atoms with Crippen LogP contribution in [0.1, 0.15) is 50.2 Å². The molecule has 1 aromatic rings. The Morgan fingerprint density at radius 2 is 1.81 bits per heavy atom. The Kier molecular flexibility index (Phi) is 15.3. The van der Waals surface area contributed by atoms with E-state index in [9.17, 15) is 4.79 Å². The first-order valence-electron chi connectivity index (χ1n) is 11.2. The number of nitrogens with one attached hydrogen (secondary N) is 2. The molecular formula is C23H39IN4O3. The Balaban J connectivity index is 0.00000480. The SMILES string of the molecule is CCNC(=NCc1ccccc1CN1CCOCC1)NCCCCCCC(=O)OC.I. The lowest BCUT2D eigenvalue weighted by Crippen LogP contribution is -2.37. The number of unbranched alkanes of at least 4 members (excludes halogenated alkanes) is 3. The molecule has 176 valence electrons. The number of ether oxygens (including phenoxy) is 2. The molecule has 2 N–H and O–H groups in total. The highest BCUT2D eigenvalue weighted by Gasteiger charge is 2.12. The lowest BCUT2D eigenvalue weighted by molar-refractivity contribution is -0.140. The monoisotopic (exact) mass is 546 g/mol. The van der Waals surface area contributed by atoms with E-state index in [4.69, 9.17) is 9.73 Å². The van der Waals surface area contributed by atoms with Gasteiger partial charge in [-0.1, -0.05) is 37.1 Å². The van der Waals surface area contributed by atoms with Gasteiger partial charge >= 0.3 is 5.97 Å². The van der Waals surface area contributed by atoms with Crippen LogP contribution in [-0.2, 0) is 27.4 Å². The van der Waals surface area contributed by atoms with Crippen LogP contribution < -0.4 is 10.6 Å². The lowest BCUT2D eigenvalue weighted by Gasteiger charge is -2.27. The molecule has 8 heteroatoms. The predicted molar refractivity (Wildman–Crippen MR) is 136 cm³/mol. The summed E-state index contributed by atoms with van der Waals surface area (Å²) in [7, 11) is 1.44. The maximum atomic E-state index is 11.1. The van der Waals surface area contributed by atoms with Gasteiger partial charge in [0.25, 0.3) is 0 Å². The number of carbonyl (C=O) groups is 1. The molecule has 1 fully saturated rings. The van der Waals surface area contributed by atoms with E-state index in [1.807, 2.05) is 0 Å². The molecule has 1 aromatic carbocycles. The van der Waals surface area contributed by atoms with E-state index in [-0.39, 0.29) is 29.9 Å². The van der Waals surface area contributed by atoms with Gasteiger partial charge in [0, 0.05) is 39.1 Å². The number of benzene rings is 1. The van der Waals surface area contributed by atoms with Crippen molar-refractivity contribution < 1.29 is 14.3 Å². The van der Waals surface area contributed by atoms with Crippen LogP contribution in [-0.4, -0.2) is 63.3 Å². The first kappa shape index (κ1) is 27.6. The summed E-state index contributed by atoms with van der Waals surface area (Å²) in [6.07, 6.45) is 4.59. The zero-order valence-electron chi connectivity index (χ0n) is 19.0. The summed E-state index contributed by atoms with van der Waals surface area (Å²) in [5.74, 6) is 0.733. The van der Waals surface area contributed by atoms with Gasteiger partial charge in [0.1, 0.15) is 0 Å². The maximum absolute atomic E-state index is 11.1. The Morgan fingerprint density at radius 1 is 1.10 bits per heavy atom. The molecule has 0 radical (unpaired) electrons. The van der Waals surface area contributed by atoms with Crippen LogP contribution in [0.3, 0.4) is 0 Å². The van der Waals surface area contributed by atoms with Crippen molar-refractivity contribution in [3.63, 3.8) is 0 Å². The van der Waals surface area contributed by atoms with Crippen molar-refractivity contribution >= 4 is 35.9 Å². The summed E-state index contributed by atoms with van der Waals surface area (Å²) in [4.78, 5) is 18.4. The summed E-state index contributed by atoms with van der Waals surface area (Å²) in [6.45, 7) is 9.01. The molecular weight excluding hydrogens is 507 g/mol. The second kappa shape index (κ2) is 17.2. The van der Waals surface area contributed by atoms with Crippen molar-refractivity contribution in [2.75, 3.05) is 46.5 Å². The Labute approximate surface area is 204 Å². The fourth-order valence-corrected chi connectivity index (χ4v) is 3.43. The van der Waals surface area contributed by atoms with Crippen LogP contribution in [0.5, 0.6) is 0 Å². The van der Waals surface area contributed by atoms with Crippen LogP contribution in [0.2, 0.25) is 0 Å². The fourth-order valence-electron chi connectivity index (χ4n) is 3.43. The number of morpholine rings is 1. The van der Waals surface area contributed by atoms with Crippen molar-refractivity contribution in [1.82, 2.24) is 15.5 Å². The second-order valence-electron chi connectivity index (χ2n) is 7.52. The molecule has 1 aliphatic heterocycles. The van der Waals surface area contributed by atoms with Crippen LogP contribution >= 0.6 is 24.0 Å². The van der Waals surface area contributed by atoms with Crippen LogP contribution in [0.4, 0.5) is 0 Å². The lowest BCUT2D eigenvalue weighted by atomic mass is 10.1. The van der Waals surface area contributed by atoms with E-state index >= 15 is 0 Å². The minimum Gasteiger partial charge on any atom is -0.469 e. The number of hydrogen-bond donors (Lipinski definition) is 2. The van der Waals surface area contributed by atoms with Gasteiger partial charge in [0.15, 0.2) is 5.96 Å². The van der Waals surface area contributed by atoms with Crippen molar-refractivity contribution in [1.29, 1.82) is 0 Å². The number of carbonyl (C=O) groups excluding carboxylic acids is 1. The first-order valence-corrected chi connectivity index (χ1v) is 11.2. The molecule has 1 aliphatic rings. The van der Waals surface area contributed by atoms with E-state index < -0.39 is 0 Å². The molecule has 0 saturated carbocycles. The number of nitrogens with zero attached hydrogens (tertiary/aromatic N) is 2. The summed E-state index contributed by atoms with van der Waals surface area (Å²) in [5.41, 5.74) is 2.61. The normalized spacial score (nSPS) is 14.6. The van der Waals surface area contributed by atoms with Gasteiger partial charge in [-0.2, -0.15) is 0 Å². The van der Waals surface area contributed by atoms with E-state index in [2.05, 4.69) is 51.5 Å². The molecule has 0 unspecified atom stereocenters. The van der Waals surface area contributed by atoms with Crippen molar-refractivity contribution in [2.45, 2.75) is 52.1 Å². The third-order valence-electron chi connectivity index (χ3n) is 5.20. The van der Waals surface area contributed by atoms with Gasteiger partial charge in [0.05, 0.1) is 26.9 Å². The van der Waals surface area contributed by atoms with Gasteiger partial charge in [0.2, 0.25) is 0 Å². The van der Waals surface area contributed by atoms with Gasteiger partial charge in [-0.25, -0.2) is 4.99 Å². The molecule has 0 aliphatic carbocycles. The van der Waals surface area contributed by atoms with Gasteiger partial charge < -0.3 is 20.1 Å². The number of guanidine groups is 1. The van der Waals surface area contributed by atoms with Gasteiger partial charge in [-0.05, 0) is 30.9 Å². The quantitative estimate of drug-likeness (QED) is 0.138. The Bertz CT molecular complexity index is 651.